The first-order chi connectivity index (χ1) is 6.04. The monoisotopic (exact) mass is 192 g/mol. The van der Waals surface area contributed by atoms with Crippen molar-refractivity contribution in [1.82, 2.24) is 0 Å². The number of aliphatic hydroxyl groups excluding tert-OH is 5. The molecule has 5 N–H and O–H groups in total. The molecule has 0 aromatic rings. The van der Waals surface area contributed by atoms with Crippen LogP contribution >= 0.6 is 0 Å². The summed E-state index contributed by atoms with van der Waals surface area (Å²) in [7, 11) is 0. The van der Waals surface area contributed by atoms with Crippen LogP contribution in [0.15, 0.2) is 0 Å². The van der Waals surface area contributed by atoms with Gasteiger partial charge in [-0.1, -0.05) is 0 Å². The Kier molecular flexibility index (Phi) is 3.63. The van der Waals surface area contributed by atoms with Gasteiger partial charge in [0.15, 0.2) is 0 Å². The normalized spacial score (nSPS) is 44.1. The summed E-state index contributed by atoms with van der Waals surface area (Å²) < 4.78 is 0. The molecule has 4 atom stereocenters. The number of rotatable bonds is 0. The number of aliphatic hydroxyl groups is 5. The zero-order valence-corrected chi connectivity index (χ0v) is 7.24. The average Bonchev–Trinajstić information content (AvgIpc) is 2.12. The fourth-order valence-electron chi connectivity index (χ4n) is 1.53. The molecule has 0 unspecified atom stereocenters. The highest BCUT2D eigenvalue weighted by atomic mass is 16.4. The highest BCUT2D eigenvalue weighted by molar-refractivity contribution is 4.87. The topological polar surface area (TPSA) is 101 Å². The van der Waals surface area contributed by atoms with E-state index in [2.05, 4.69) is 0 Å². The van der Waals surface area contributed by atoms with Crippen molar-refractivity contribution in [1.29, 1.82) is 0 Å². The molecule has 5 heteroatoms. The molecule has 0 amide bonds. The Labute approximate surface area is 76.3 Å². The van der Waals surface area contributed by atoms with Crippen LogP contribution in [0.3, 0.4) is 0 Å². The van der Waals surface area contributed by atoms with Crippen LogP contribution in [0.4, 0.5) is 0 Å². The van der Waals surface area contributed by atoms with Gasteiger partial charge in [-0.25, -0.2) is 0 Å². The minimum absolute atomic E-state index is 0.321. The molecule has 0 aromatic heterocycles. The molecule has 0 saturated heterocycles. The summed E-state index contributed by atoms with van der Waals surface area (Å²) in [5.74, 6) is 0. The van der Waals surface area contributed by atoms with Crippen molar-refractivity contribution < 1.29 is 25.5 Å². The van der Waals surface area contributed by atoms with E-state index < -0.39 is 30.5 Å². The van der Waals surface area contributed by atoms with Crippen molar-refractivity contribution in [3.8, 4) is 0 Å². The lowest BCUT2D eigenvalue weighted by Crippen LogP contribution is -2.50. The van der Waals surface area contributed by atoms with Crippen molar-refractivity contribution in [3.05, 3.63) is 0 Å². The molecule has 78 valence electrons. The van der Waals surface area contributed by atoms with E-state index >= 15 is 0 Å². The van der Waals surface area contributed by atoms with Crippen LogP contribution in [0, 0.1) is 0 Å². The molecule has 0 bridgehead atoms. The molecular formula is C8H16O5. The smallest absolute Gasteiger partial charge is 0.111 e. The molecule has 1 aliphatic carbocycles. The average molecular weight is 192 g/mol. The van der Waals surface area contributed by atoms with Gasteiger partial charge in [-0.2, -0.15) is 0 Å². The van der Waals surface area contributed by atoms with E-state index in [1.165, 1.54) is 0 Å². The maximum atomic E-state index is 9.27. The van der Waals surface area contributed by atoms with E-state index in [0.29, 0.717) is 19.3 Å². The maximum Gasteiger partial charge on any atom is 0.111 e. The minimum atomic E-state index is -1.48. The third kappa shape index (κ3) is 2.38. The first-order valence-electron chi connectivity index (χ1n) is 4.44. The van der Waals surface area contributed by atoms with E-state index in [9.17, 15) is 25.5 Å². The van der Waals surface area contributed by atoms with Crippen LogP contribution < -0.4 is 0 Å². The van der Waals surface area contributed by atoms with Crippen molar-refractivity contribution >= 4 is 0 Å². The zero-order chi connectivity index (χ0) is 10.0. The van der Waals surface area contributed by atoms with E-state index in [0.717, 1.165) is 0 Å². The standard InChI is InChI=1S/C8H16O5/c9-4-2-1-3-5(10)7(12)8(13)6(4)11/h4-13H,1-3H2/t4-,5-,6-,7-/m0/s1. The second-order valence-electron chi connectivity index (χ2n) is 3.54. The summed E-state index contributed by atoms with van der Waals surface area (Å²) >= 11 is 0. The van der Waals surface area contributed by atoms with Crippen molar-refractivity contribution in [2.24, 2.45) is 0 Å². The lowest BCUT2D eigenvalue weighted by molar-refractivity contribution is -0.144. The summed E-state index contributed by atoms with van der Waals surface area (Å²) in [6.07, 6.45) is -5.15. The maximum absolute atomic E-state index is 9.27. The van der Waals surface area contributed by atoms with Gasteiger partial charge in [0.2, 0.25) is 0 Å². The van der Waals surface area contributed by atoms with Gasteiger partial charge in [-0.3, -0.25) is 0 Å². The molecule has 1 aliphatic rings. The Morgan fingerprint density at radius 2 is 1.00 bits per heavy atom. The van der Waals surface area contributed by atoms with Crippen molar-refractivity contribution in [2.75, 3.05) is 0 Å². The van der Waals surface area contributed by atoms with Gasteiger partial charge in [0, 0.05) is 0 Å². The number of hydrogen-bond acceptors (Lipinski definition) is 5. The Morgan fingerprint density at radius 3 is 1.38 bits per heavy atom. The molecule has 1 saturated carbocycles. The van der Waals surface area contributed by atoms with Gasteiger partial charge in [-0.05, 0) is 19.3 Å². The van der Waals surface area contributed by atoms with E-state index in [4.69, 9.17) is 0 Å². The van der Waals surface area contributed by atoms with Gasteiger partial charge in [0.05, 0.1) is 12.2 Å². The third-order valence-corrected chi connectivity index (χ3v) is 2.49. The largest absolute Gasteiger partial charge is 0.390 e. The van der Waals surface area contributed by atoms with E-state index in [1.807, 2.05) is 0 Å². The second kappa shape index (κ2) is 4.34. The van der Waals surface area contributed by atoms with Crippen LogP contribution in [-0.2, 0) is 0 Å². The van der Waals surface area contributed by atoms with Gasteiger partial charge >= 0.3 is 0 Å². The Hall–Kier alpha value is -0.200. The minimum Gasteiger partial charge on any atom is -0.390 e. The van der Waals surface area contributed by atoms with Gasteiger partial charge in [0.25, 0.3) is 0 Å². The quantitative estimate of drug-likeness (QED) is 0.305. The predicted molar refractivity (Wildman–Crippen MR) is 43.9 cm³/mol. The Balaban J connectivity index is 2.65. The van der Waals surface area contributed by atoms with Crippen LogP contribution in [-0.4, -0.2) is 56.1 Å². The first-order valence-corrected chi connectivity index (χ1v) is 4.44. The molecular weight excluding hydrogens is 176 g/mol. The van der Waals surface area contributed by atoms with Crippen LogP contribution in [0.5, 0.6) is 0 Å². The fourth-order valence-corrected chi connectivity index (χ4v) is 1.53. The second-order valence-corrected chi connectivity index (χ2v) is 3.54. The lowest BCUT2D eigenvalue weighted by Gasteiger charge is -2.31. The zero-order valence-electron chi connectivity index (χ0n) is 7.24. The summed E-state index contributed by atoms with van der Waals surface area (Å²) in [4.78, 5) is 0. The van der Waals surface area contributed by atoms with Crippen LogP contribution in [0.1, 0.15) is 19.3 Å². The third-order valence-electron chi connectivity index (χ3n) is 2.49. The van der Waals surface area contributed by atoms with Crippen LogP contribution in [0.25, 0.3) is 0 Å². The fraction of sp³-hybridized carbons (Fsp3) is 1.00. The highest BCUT2D eigenvalue weighted by Gasteiger charge is 2.35. The van der Waals surface area contributed by atoms with Crippen LogP contribution in [0.2, 0.25) is 0 Å². The highest BCUT2D eigenvalue weighted by Crippen LogP contribution is 2.19. The summed E-state index contributed by atoms with van der Waals surface area (Å²) in [5, 5.41) is 46.3. The van der Waals surface area contributed by atoms with Gasteiger partial charge in [0.1, 0.15) is 18.3 Å². The van der Waals surface area contributed by atoms with E-state index in [1.54, 1.807) is 0 Å². The number of hydrogen-bond donors (Lipinski definition) is 5. The first kappa shape index (κ1) is 10.9. The van der Waals surface area contributed by atoms with Crippen molar-refractivity contribution in [2.45, 2.75) is 49.8 Å². The van der Waals surface area contributed by atoms with Gasteiger partial charge < -0.3 is 25.5 Å². The molecule has 0 spiro atoms. The summed E-state index contributed by atoms with van der Waals surface area (Å²) in [6, 6.07) is 0. The van der Waals surface area contributed by atoms with E-state index in [-0.39, 0.29) is 0 Å². The molecule has 0 radical (unpaired) electrons. The van der Waals surface area contributed by atoms with Crippen molar-refractivity contribution in [3.63, 3.8) is 0 Å². The van der Waals surface area contributed by atoms with Gasteiger partial charge in [-0.15, -0.1) is 0 Å². The molecule has 1 fully saturated rings. The summed E-state index contributed by atoms with van der Waals surface area (Å²) in [5.41, 5.74) is 0. The molecule has 0 aliphatic heterocycles. The summed E-state index contributed by atoms with van der Waals surface area (Å²) in [6.45, 7) is 0. The molecule has 13 heavy (non-hydrogen) atoms. The predicted octanol–water partition coefficient (Wildman–Crippen LogP) is -2.03. The molecule has 0 aromatic carbocycles. The molecule has 1 rings (SSSR count). The lowest BCUT2D eigenvalue weighted by atomic mass is 9.90. The Morgan fingerprint density at radius 1 is 0.615 bits per heavy atom. The Bertz CT molecular complexity index is 147. The molecule has 0 heterocycles. The molecule has 5 nitrogen and oxygen atoms in total. The SMILES string of the molecule is OC1[C@@H](O)[C@@H](O)CCC[C@H](O)[C@@H]1O.